The summed E-state index contributed by atoms with van der Waals surface area (Å²) in [6.07, 6.45) is 53.6. The number of likely N-dealkylation sites (tertiary alicyclic amines) is 1. The lowest BCUT2D eigenvalue weighted by atomic mass is 9.98. The zero-order chi connectivity index (χ0) is 32.8. The molecule has 46 heavy (non-hydrogen) atoms. The molecule has 2 saturated heterocycles. The van der Waals surface area contributed by atoms with Gasteiger partial charge >= 0.3 is 0 Å². The summed E-state index contributed by atoms with van der Waals surface area (Å²) in [7, 11) is 2.25. The highest BCUT2D eigenvalue weighted by atomic mass is 16.8. The average Bonchev–Trinajstić information content (AvgIpc) is 3.29. The van der Waals surface area contributed by atoms with Gasteiger partial charge in [-0.1, -0.05) is 140 Å². The van der Waals surface area contributed by atoms with Crippen LogP contribution in [0.5, 0.6) is 0 Å². The van der Waals surface area contributed by atoms with Gasteiger partial charge in [-0.05, 0) is 97.1 Å². The highest BCUT2D eigenvalue weighted by molar-refractivity contribution is 5.02. The van der Waals surface area contributed by atoms with Crippen LogP contribution in [0.4, 0.5) is 0 Å². The molecule has 0 aromatic heterocycles. The molecule has 3 heteroatoms. The lowest BCUT2D eigenvalue weighted by molar-refractivity contribution is -0.189. The highest BCUT2D eigenvalue weighted by Gasteiger charge is 2.47. The molecule has 0 radical (unpaired) electrons. The molecule has 2 aliphatic rings. The van der Waals surface area contributed by atoms with E-state index < -0.39 is 0 Å². The molecule has 0 aromatic rings. The van der Waals surface area contributed by atoms with Crippen molar-refractivity contribution < 1.29 is 9.47 Å². The van der Waals surface area contributed by atoms with Crippen molar-refractivity contribution >= 4 is 0 Å². The fraction of sp³-hybridized carbons (Fsp3) is 0.814. The van der Waals surface area contributed by atoms with E-state index in [2.05, 4.69) is 74.4 Å². The molecule has 0 N–H and O–H groups in total. The van der Waals surface area contributed by atoms with Gasteiger partial charge in [0.2, 0.25) is 0 Å². The van der Waals surface area contributed by atoms with E-state index in [0.29, 0.717) is 6.10 Å². The van der Waals surface area contributed by atoms with Gasteiger partial charge in [0.05, 0.1) is 12.2 Å². The van der Waals surface area contributed by atoms with Gasteiger partial charge in [-0.15, -0.1) is 0 Å². The maximum absolute atomic E-state index is 6.86. The van der Waals surface area contributed by atoms with Crippen LogP contribution in [0.15, 0.2) is 48.6 Å². The van der Waals surface area contributed by atoms with Crippen molar-refractivity contribution in [2.24, 2.45) is 0 Å². The Balaban J connectivity index is 1.57. The molecule has 0 bridgehead atoms. The first-order valence-corrected chi connectivity index (χ1v) is 20.3. The van der Waals surface area contributed by atoms with Crippen molar-refractivity contribution in [1.82, 2.24) is 4.90 Å². The van der Waals surface area contributed by atoms with Gasteiger partial charge in [-0.3, -0.25) is 0 Å². The number of allylic oxidation sites excluding steroid dienone is 8. The van der Waals surface area contributed by atoms with E-state index >= 15 is 0 Å². The predicted molar refractivity (Wildman–Crippen MR) is 203 cm³/mol. The van der Waals surface area contributed by atoms with Crippen LogP contribution in [-0.4, -0.2) is 43.0 Å². The zero-order valence-corrected chi connectivity index (χ0v) is 31.0. The lowest BCUT2D eigenvalue weighted by Gasteiger charge is -2.29. The Morgan fingerprint density at radius 2 is 1.00 bits per heavy atom. The summed E-state index contributed by atoms with van der Waals surface area (Å²) >= 11 is 0. The van der Waals surface area contributed by atoms with Crippen LogP contribution >= 0.6 is 0 Å². The monoisotopic (exact) mass is 640 g/mol. The van der Waals surface area contributed by atoms with Gasteiger partial charge in [0, 0.05) is 19.4 Å². The smallest absolute Gasteiger partial charge is 0.169 e. The van der Waals surface area contributed by atoms with Crippen molar-refractivity contribution in [3.05, 3.63) is 48.6 Å². The molecule has 2 aliphatic heterocycles. The third-order valence-corrected chi connectivity index (χ3v) is 9.96. The van der Waals surface area contributed by atoms with Crippen molar-refractivity contribution in [2.75, 3.05) is 20.1 Å². The number of hydrogen-bond acceptors (Lipinski definition) is 3. The van der Waals surface area contributed by atoms with E-state index in [0.717, 1.165) is 32.2 Å². The average molecular weight is 640 g/mol. The number of hydrogen-bond donors (Lipinski definition) is 0. The maximum Gasteiger partial charge on any atom is 0.169 e. The Hall–Kier alpha value is -1.16. The van der Waals surface area contributed by atoms with Gasteiger partial charge in [0.1, 0.15) is 0 Å². The number of ether oxygens (including phenoxy) is 2. The summed E-state index contributed by atoms with van der Waals surface area (Å²) in [5.74, 6) is -0.322. The van der Waals surface area contributed by atoms with Crippen LogP contribution in [0.2, 0.25) is 0 Å². The Kier molecular flexibility index (Phi) is 25.7. The molecule has 2 heterocycles. The topological polar surface area (TPSA) is 21.7 Å². The van der Waals surface area contributed by atoms with Crippen LogP contribution < -0.4 is 0 Å². The summed E-state index contributed by atoms with van der Waals surface area (Å²) in [4.78, 5) is 2.45. The second-order valence-electron chi connectivity index (χ2n) is 14.5. The molecule has 0 spiro atoms. The van der Waals surface area contributed by atoms with Gasteiger partial charge in [-0.2, -0.15) is 0 Å². The van der Waals surface area contributed by atoms with E-state index in [4.69, 9.17) is 9.47 Å². The quantitative estimate of drug-likeness (QED) is 0.0462. The van der Waals surface area contributed by atoms with Crippen LogP contribution in [-0.2, 0) is 9.47 Å². The molecular formula is C43H77NO2. The molecule has 2 fully saturated rings. The molecule has 0 aliphatic carbocycles. The second-order valence-corrected chi connectivity index (χ2v) is 14.5. The van der Waals surface area contributed by atoms with E-state index in [-0.39, 0.29) is 11.9 Å². The third kappa shape index (κ3) is 20.9. The SMILES string of the molecule is CCCCC/C=C\C/C=C\CCCCCCCCC1(CCCCCCCC/C=C\C=C\CCCCC)OC2CCCN(C)CC2O1. The number of unbranched alkanes of at least 4 members (excludes halogenated alkanes) is 18. The Morgan fingerprint density at radius 3 is 1.54 bits per heavy atom. The summed E-state index contributed by atoms with van der Waals surface area (Å²) in [6.45, 7) is 6.74. The molecule has 0 saturated carbocycles. The molecule has 2 rings (SSSR count). The first-order chi connectivity index (χ1) is 22.7. The molecule has 3 unspecified atom stereocenters. The number of rotatable bonds is 29. The van der Waals surface area contributed by atoms with Gasteiger partial charge in [0.25, 0.3) is 0 Å². The van der Waals surface area contributed by atoms with Crippen molar-refractivity contribution in [3.63, 3.8) is 0 Å². The van der Waals surface area contributed by atoms with E-state index in [1.54, 1.807) is 0 Å². The number of nitrogens with zero attached hydrogens (tertiary/aromatic N) is 1. The molecule has 266 valence electrons. The molecule has 3 atom stereocenters. The van der Waals surface area contributed by atoms with Crippen molar-refractivity contribution in [1.29, 1.82) is 0 Å². The largest absolute Gasteiger partial charge is 0.344 e. The number of likely N-dealkylation sites (N-methyl/N-ethyl adjacent to an activating group) is 1. The third-order valence-electron chi connectivity index (χ3n) is 9.96. The standard InChI is InChI=1S/C43H77NO2/c1-4-6-8-10-12-14-16-18-20-22-24-26-28-30-32-34-38-43(45-41-36-35-39-44(3)40-42(41)46-43)37-33-31-29-27-25-23-21-19-17-15-13-11-9-7-5-2/h12-15,17-20,41-42H,4-11,16,21-40H2,1-3H3/b14-12-,15-13+,19-17-,20-18-. The first-order valence-electron chi connectivity index (χ1n) is 20.3. The Labute approximate surface area is 287 Å². The second kappa shape index (κ2) is 28.8. The van der Waals surface area contributed by atoms with Gasteiger partial charge in [-0.25, -0.2) is 0 Å². The fourth-order valence-corrected chi connectivity index (χ4v) is 7.06. The van der Waals surface area contributed by atoms with Crippen molar-refractivity contribution in [3.8, 4) is 0 Å². The minimum atomic E-state index is -0.322. The Morgan fingerprint density at radius 1 is 0.543 bits per heavy atom. The zero-order valence-electron chi connectivity index (χ0n) is 31.0. The van der Waals surface area contributed by atoms with Crippen LogP contribution in [0.25, 0.3) is 0 Å². The number of fused-ring (bicyclic) bond motifs is 1. The minimum absolute atomic E-state index is 0.261. The molecule has 3 nitrogen and oxygen atoms in total. The first kappa shape index (κ1) is 41.0. The van der Waals surface area contributed by atoms with Gasteiger partial charge in [0.15, 0.2) is 5.79 Å². The predicted octanol–water partition coefficient (Wildman–Crippen LogP) is 13.2. The summed E-state index contributed by atoms with van der Waals surface area (Å²) in [6, 6.07) is 0. The van der Waals surface area contributed by atoms with E-state index in [9.17, 15) is 0 Å². The molecular weight excluding hydrogens is 562 g/mol. The summed E-state index contributed by atoms with van der Waals surface area (Å²) < 4.78 is 13.7. The van der Waals surface area contributed by atoms with Crippen LogP contribution in [0.1, 0.15) is 187 Å². The minimum Gasteiger partial charge on any atom is -0.344 e. The normalized spacial score (nSPS) is 22.7. The lowest BCUT2D eigenvalue weighted by Crippen LogP contribution is -2.35. The summed E-state index contributed by atoms with van der Waals surface area (Å²) in [5.41, 5.74) is 0. The maximum atomic E-state index is 6.86. The summed E-state index contributed by atoms with van der Waals surface area (Å²) in [5, 5.41) is 0. The van der Waals surface area contributed by atoms with Crippen molar-refractivity contribution in [2.45, 2.75) is 205 Å². The van der Waals surface area contributed by atoms with E-state index in [1.165, 1.54) is 154 Å². The fourth-order valence-electron chi connectivity index (χ4n) is 7.06. The Bertz CT molecular complexity index is 801. The molecule has 0 amide bonds. The molecule has 0 aromatic carbocycles. The van der Waals surface area contributed by atoms with Gasteiger partial charge < -0.3 is 14.4 Å². The highest BCUT2D eigenvalue weighted by Crippen LogP contribution is 2.40. The van der Waals surface area contributed by atoms with Crippen LogP contribution in [0.3, 0.4) is 0 Å². The van der Waals surface area contributed by atoms with E-state index in [1.807, 2.05) is 0 Å². The van der Waals surface area contributed by atoms with Crippen LogP contribution in [0, 0.1) is 0 Å².